The molecule has 8 nitrogen and oxygen atoms in total. The summed E-state index contributed by atoms with van der Waals surface area (Å²) in [6.45, 7) is 6.00. The minimum Gasteiger partial charge on any atom is -0.491 e. The molecule has 1 aromatic carbocycles. The zero-order valence-corrected chi connectivity index (χ0v) is 16.1. The molecule has 0 fully saturated rings. The standard InChI is InChI=1S/C20H23N3O5/c1-4-27-20(26)15-5-7-17(8-6-15)28-12-16(24)11-22-14(3)10-19(25)23-18(22)9-13(2)21-23/h5-10,16,24H,4,11-12H2,1-3H3/t16-/m1/s1. The Hall–Kier alpha value is -3.13. The van der Waals surface area contributed by atoms with Crippen molar-refractivity contribution in [2.75, 3.05) is 13.2 Å². The van der Waals surface area contributed by atoms with Gasteiger partial charge in [0.2, 0.25) is 0 Å². The van der Waals surface area contributed by atoms with Crippen LogP contribution in [-0.4, -0.2) is 44.6 Å². The van der Waals surface area contributed by atoms with Crippen LogP contribution in [0.2, 0.25) is 0 Å². The number of fused-ring (bicyclic) bond motifs is 1. The van der Waals surface area contributed by atoms with Gasteiger partial charge in [0.05, 0.1) is 24.4 Å². The van der Waals surface area contributed by atoms with Gasteiger partial charge in [0.25, 0.3) is 5.56 Å². The van der Waals surface area contributed by atoms with Crippen LogP contribution in [0.5, 0.6) is 5.75 Å². The largest absolute Gasteiger partial charge is 0.491 e. The number of hydrogen-bond donors (Lipinski definition) is 1. The first-order valence-electron chi connectivity index (χ1n) is 9.04. The summed E-state index contributed by atoms with van der Waals surface area (Å²) in [6.07, 6.45) is -0.801. The first-order valence-corrected chi connectivity index (χ1v) is 9.04. The second kappa shape index (κ2) is 8.26. The van der Waals surface area contributed by atoms with Crippen molar-refractivity contribution in [3.8, 4) is 5.75 Å². The number of aromatic nitrogens is 3. The lowest BCUT2D eigenvalue weighted by atomic mass is 10.2. The van der Waals surface area contributed by atoms with Gasteiger partial charge < -0.3 is 19.1 Å². The molecule has 0 aliphatic carbocycles. The molecule has 1 atom stereocenters. The van der Waals surface area contributed by atoms with Crippen molar-refractivity contribution in [2.45, 2.75) is 33.4 Å². The van der Waals surface area contributed by atoms with Gasteiger partial charge in [0.1, 0.15) is 24.1 Å². The summed E-state index contributed by atoms with van der Waals surface area (Å²) >= 11 is 0. The highest BCUT2D eigenvalue weighted by molar-refractivity contribution is 5.89. The maximum absolute atomic E-state index is 12.0. The molecule has 0 saturated carbocycles. The van der Waals surface area contributed by atoms with Gasteiger partial charge in [-0.2, -0.15) is 9.61 Å². The van der Waals surface area contributed by atoms with E-state index >= 15 is 0 Å². The van der Waals surface area contributed by atoms with Gasteiger partial charge in [0, 0.05) is 17.8 Å². The zero-order valence-electron chi connectivity index (χ0n) is 16.1. The number of hydrogen-bond acceptors (Lipinski definition) is 6. The normalized spacial score (nSPS) is 12.1. The van der Waals surface area contributed by atoms with Gasteiger partial charge in [-0.1, -0.05) is 0 Å². The average molecular weight is 385 g/mol. The Morgan fingerprint density at radius 2 is 1.93 bits per heavy atom. The lowest BCUT2D eigenvalue weighted by Gasteiger charge is -2.17. The van der Waals surface area contributed by atoms with Crippen molar-refractivity contribution in [1.29, 1.82) is 0 Å². The molecule has 3 rings (SSSR count). The Morgan fingerprint density at radius 3 is 2.61 bits per heavy atom. The Morgan fingerprint density at radius 1 is 1.21 bits per heavy atom. The number of carbonyl (C=O) groups is 1. The summed E-state index contributed by atoms with van der Waals surface area (Å²) in [4.78, 5) is 23.7. The molecule has 3 aromatic rings. The van der Waals surface area contributed by atoms with Crippen LogP contribution in [0.4, 0.5) is 0 Å². The molecule has 0 amide bonds. The summed E-state index contributed by atoms with van der Waals surface area (Å²) in [6, 6.07) is 9.83. The van der Waals surface area contributed by atoms with Crippen molar-refractivity contribution in [1.82, 2.24) is 14.2 Å². The van der Waals surface area contributed by atoms with Crippen LogP contribution < -0.4 is 10.3 Å². The first kappa shape index (κ1) is 19.6. The monoisotopic (exact) mass is 385 g/mol. The van der Waals surface area contributed by atoms with E-state index in [0.717, 1.165) is 11.4 Å². The Balaban J connectivity index is 1.67. The van der Waals surface area contributed by atoms with Crippen LogP contribution in [-0.2, 0) is 11.3 Å². The van der Waals surface area contributed by atoms with Crippen LogP contribution >= 0.6 is 0 Å². The highest BCUT2D eigenvalue weighted by Gasteiger charge is 2.14. The molecule has 148 valence electrons. The van der Waals surface area contributed by atoms with E-state index < -0.39 is 6.10 Å². The van der Waals surface area contributed by atoms with E-state index in [1.54, 1.807) is 37.3 Å². The fourth-order valence-corrected chi connectivity index (χ4v) is 2.93. The lowest BCUT2D eigenvalue weighted by Crippen LogP contribution is -2.27. The van der Waals surface area contributed by atoms with Crippen molar-refractivity contribution < 1.29 is 19.4 Å². The van der Waals surface area contributed by atoms with E-state index in [1.165, 1.54) is 10.6 Å². The van der Waals surface area contributed by atoms with E-state index in [0.29, 0.717) is 23.6 Å². The molecule has 0 radical (unpaired) electrons. The van der Waals surface area contributed by atoms with Gasteiger partial charge in [0.15, 0.2) is 0 Å². The molecule has 8 heteroatoms. The number of esters is 1. The summed E-state index contributed by atoms with van der Waals surface area (Å²) < 4.78 is 13.7. The third-order valence-corrected chi connectivity index (χ3v) is 4.26. The summed E-state index contributed by atoms with van der Waals surface area (Å²) in [7, 11) is 0. The molecule has 2 aromatic heterocycles. The second-order valence-electron chi connectivity index (χ2n) is 6.50. The molecule has 0 bridgehead atoms. The Bertz CT molecular complexity index is 1040. The molecular formula is C20H23N3O5. The number of aliphatic hydroxyl groups excluding tert-OH is 1. The molecule has 0 aliphatic heterocycles. The quantitative estimate of drug-likeness (QED) is 0.623. The van der Waals surface area contributed by atoms with Crippen LogP contribution in [0.15, 0.2) is 41.2 Å². The summed E-state index contributed by atoms with van der Waals surface area (Å²) in [5.41, 5.74) is 2.32. The highest BCUT2D eigenvalue weighted by atomic mass is 16.5. The second-order valence-corrected chi connectivity index (χ2v) is 6.50. The fraction of sp³-hybridized carbons (Fsp3) is 0.350. The first-order chi connectivity index (χ1) is 13.4. The van der Waals surface area contributed by atoms with Crippen molar-refractivity contribution >= 4 is 11.6 Å². The predicted octanol–water partition coefficient (Wildman–Crippen LogP) is 1.73. The molecule has 1 N–H and O–H groups in total. The number of carbonyl (C=O) groups excluding carboxylic acids is 1. The Labute approximate surface area is 161 Å². The number of benzene rings is 1. The smallest absolute Gasteiger partial charge is 0.338 e. The molecule has 0 saturated heterocycles. The van der Waals surface area contributed by atoms with Gasteiger partial charge in [-0.05, 0) is 45.0 Å². The molecule has 0 spiro atoms. The van der Waals surface area contributed by atoms with E-state index in [1.807, 2.05) is 18.4 Å². The maximum Gasteiger partial charge on any atom is 0.338 e. The molecule has 2 heterocycles. The van der Waals surface area contributed by atoms with E-state index in [9.17, 15) is 14.7 Å². The minimum atomic E-state index is -0.801. The summed E-state index contributed by atoms with van der Waals surface area (Å²) in [5, 5.41) is 14.6. The van der Waals surface area contributed by atoms with Crippen LogP contribution in [0.3, 0.4) is 0 Å². The molecular weight excluding hydrogens is 362 g/mol. The predicted molar refractivity (Wildman–Crippen MR) is 103 cm³/mol. The minimum absolute atomic E-state index is 0.0591. The average Bonchev–Trinajstić information content (AvgIpc) is 3.06. The van der Waals surface area contributed by atoms with Crippen LogP contribution in [0, 0.1) is 13.8 Å². The number of aliphatic hydroxyl groups is 1. The fourth-order valence-electron chi connectivity index (χ4n) is 2.93. The lowest BCUT2D eigenvalue weighted by molar-refractivity contribution is 0.0526. The van der Waals surface area contributed by atoms with E-state index in [4.69, 9.17) is 9.47 Å². The number of aryl methyl sites for hydroxylation is 2. The zero-order chi connectivity index (χ0) is 20.3. The third-order valence-electron chi connectivity index (χ3n) is 4.26. The van der Waals surface area contributed by atoms with Gasteiger partial charge >= 0.3 is 5.97 Å². The maximum atomic E-state index is 12.0. The SMILES string of the molecule is CCOC(=O)c1ccc(OC[C@H](O)Cn2c(C)cc(=O)n3nc(C)cc23)cc1. The molecule has 0 aliphatic rings. The van der Waals surface area contributed by atoms with E-state index in [-0.39, 0.29) is 24.7 Å². The van der Waals surface area contributed by atoms with E-state index in [2.05, 4.69) is 5.10 Å². The number of ether oxygens (including phenoxy) is 2. The van der Waals surface area contributed by atoms with Crippen molar-refractivity contribution in [2.24, 2.45) is 0 Å². The van der Waals surface area contributed by atoms with Gasteiger partial charge in [-0.3, -0.25) is 4.79 Å². The third kappa shape index (κ3) is 4.23. The number of nitrogens with zero attached hydrogens (tertiary/aromatic N) is 3. The summed E-state index contributed by atoms with van der Waals surface area (Å²) in [5.74, 6) is 0.150. The van der Waals surface area contributed by atoms with Gasteiger partial charge in [-0.15, -0.1) is 0 Å². The Kier molecular flexibility index (Phi) is 5.79. The van der Waals surface area contributed by atoms with Crippen LogP contribution in [0.1, 0.15) is 28.7 Å². The van der Waals surface area contributed by atoms with Gasteiger partial charge in [-0.25, -0.2) is 4.79 Å². The number of rotatable bonds is 7. The molecule has 0 unspecified atom stereocenters. The van der Waals surface area contributed by atoms with Crippen molar-refractivity contribution in [3.63, 3.8) is 0 Å². The highest BCUT2D eigenvalue weighted by Crippen LogP contribution is 2.14. The van der Waals surface area contributed by atoms with Crippen LogP contribution in [0.25, 0.3) is 5.65 Å². The topological polar surface area (TPSA) is 95.1 Å². The van der Waals surface area contributed by atoms with Crippen molar-refractivity contribution in [3.05, 3.63) is 63.7 Å². The molecule has 28 heavy (non-hydrogen) atoms.